The Morgan fingerprint density at radius 2 is 2.17 bits per heavy atom. The number of carbonyl (C=O) groups is 1. The molecule has 1 fully saturated rings. The first-order valence-electron chi connectivity index (χ1n) is 8.01. The summed E-state index contributed by atoms with van der Waals surface area (Å²) in [5, 5.41) is 6.29. The summed E-state index contributed by atoms with van der Waals surface area (Å²) in [7, 11) is 1.67. The summed E-state index contributed by atoms with van der Waals surface area (Å²) in [6, 6.07) is 7.56. The lowest BCUT2D eigenvalue weighted by atomic mass is 10.0. The molecule has 1 unspecified atom stereocenters. The molecule has 0 saturated carbocycles. The second-order valence-electron chi connectivity index (χ2n) is 5.64. The maximum absolute atomic E-state index is 12.1. The Morgan fingerprint density at radius 3 is 2.91 bits per heavy atom. The molecular formula is C17H27ClN2O3. The number of hydrogen-bond donors (Lipinski definition) is 2. The van der Waals surface area contributed by atoms with Crippen LogP contribution < -0.4 is 15.4 Å². The van der Waals surface area contributed by atoms with Gasteiger partial charge in [-0.3, -0.25) is 4.79 Å². The molecule has 5 nitrogen and oxygen atoms in total. The number of anilines is 1. The predicted molar refractivity (Wildman–Crippen MR) is 94.5 cm³/mol. The summed E-state index contributed by atoms with van der Waals surface area (Å²) in [4.78, 5) is 12.1. The number of nitrogens with one attached hydrogen (secondary N) is 2. The van der Waals surface area contributed by atoms with E-state index in [2.05, 4.69) is 10.6 Å². The monoisotopic (exact) mass is 342 g/mol. The average molecular weight is 343 g/mol. The molecule has 23 heavy (non-hydrogen) atoms. The van der Waals surface area contributed by atoms with Crippen molar-refractivity contribution in [3.63, 3.8) is 0 Å². The number of halogens is 1. The number of hydrogen-bond acceptors (Lipinski definition) is 4. The Labute approximate surface area is 144 Å². The molecule has 0 aromatic heterocycles. The number of para-hydroxylation sites is 2. The zero-order valence-corrected chi connectivity index (χ0v) is 14.5. The number of amides is 1. The van der Waals surface area contributed by atoms with Crippen LogP contribution in [-0.4, -0.2) is 39.3 Å². The van der Waals surface area contributed by atoms with Gasteiger partial charge in [0.1, 0.15) is 5.75 Å². The van der Waals surface area contributed by atoms with Gasteiger partial charge in [0, 0.05) is 26.6 Å². The van der Waals surface area contributed by atoms with E-state index in [0.29, 0.717) is 25.6 Å². The lowest BCUT2D eigenvalue weighted by Gasteiger charge is -2.13. The number of rotatable bonds is 9. The quantitative estimate of drug-likeness (QED) is 0.677. The van der Waals surface area contributed by atoms with Crippen LogP contribution in [0.2, 0.25) is 0 Å². The zero-order valence-electron chi connectivity index (χ0n) is 13.7. The Hall–Kier alpha value is -1.30. The highest BCUT2D eigenvalue weighted by molar-refractivity contribution is 5.92. The molecule has 0 aliphatic carbocycles. The molecule has 1 atom stereocenters. The predicted octanol–water partition coefficient (Wildman–Crippen LogP) is 2.85. The van der Waals surface area contributed by atoms with Gasteiger partial charge in [-0.25, -0.2) is 0 Å². The van der Waals surface area contributed by atoms with Gasteiger partial charge in [0.25, 0.3) is 0 Å². The first-order valence-corrected chi connectivity index (χ1v) is 8.01. The summed E-state index contributed by atoms with van der Waals surface area (Å²) < 4.78 is 10.7. The largest absolute Gasteiger partial charge is 0.491 e. The zero-order chi connectivity index (χ0) is 15.6. The Morgan fingerprint density at radius 1 is 1.35 bits per heavy atom. The smallest absolute Gasteiger partial charge is 0.224 e. The van der Waals surface area contributed by atoms with E-state index < -0.39 is 0 Å². The van der Waals surface area contributed by atoms with E-state index in [-0.39, 0.29) is 18.3 Å². The third-order valence-electron chi connectivity index (χ3n) is 3.85. The average Bonchev–Trinajstić information content (AvgIpc) is 3.04. The van der Waals surface area contributed by atoms with Crippen molar-refractivity contribution in [2.75, 3.05) is 38.7 Å². The highest BCUT2D eigenvalue weighted by Crippen LogP contribution is 2.24. The van der Waals surface area contributed by atoms with Crippen molar-refractivity contribution >= 4 is 24.0 Å². The lowest BCUT2D eigenvalue weighted by molar-refractivity contribution is -0.116. The van der Waals surface area contributed by atoms with Crippen LogP contribution in [0.4, 0.5) is 5.69 Å². The van der Waals surface area contributed by atoms with Gasteiger partial charge in [0.2, 0.25) is 5.91 Å². The minimum Gasteiger partial charge on any atom is -0.491 e. The third-order valence-corrected chi connectivity index (χ3v) is 3.85. The van der Waals surface area contributed by atoms with Crippen molar-refractivity contribution in [3.8, 4) is 5.75 Å². The summed E-state index contributed by atoms with van der Waals surface area (Å²) in [5.41, 5.74) is 0.745. The van der Waals surface area contributed by atoms with Crippen LogP contribution in [0.5, 0.6) is 5.75 Å². The molecular weight excluding hydrogens is 316 g/mol. The van der Waals surface area contributed by atoms with Gasteiger partial charge >= 0.3 is 0 Å². The third kappa shape index (κ3) is 7.20. The van der Waals surface area contributed by atoms with Gasteiger partial charge in [0.05, 0.1) is 12.3 Å². The minimum atomic E-state index is 0. The van der Waals surface area contributed by atoms with E-state index in [1.165, 1.54) is 6.42 Å². The van der Waals surface area contributed by atoms with Crippen molar-refractivity contribution in [1.82, 2.24) is 5.32 Å². The molecule has 130 valence electrons. The van der Waals surface area contributed by atoms with Crippen molar-refractivity contribution in [1.29, 1.82) is 0 Å². The Balaban J connectivity index is 0.00000264. The molecule has 0 spiro atoms. The maximum atomic E-state index is 12.1. The molecule has 2 N–H and O–H groups in total. The Kier molecular flexibility index (Phi) is 9.67. The molecule has 1 aliphatic rings. The van der Waals surface area contributed by atoms with Crippen LogP contribution in [0.1, 0.15) is 25.7 Å². The highest BCUT2D eigenvalue weighted by atomic mass is 35.5. The fraction of sp³-hybridized carbons (Fsp3) is 0.588. The van der Waals surface area contributed by atoms with E-state index in [1.807, 2.05) is 24.3 Å². The van der Waals surface area contributed by atoms with Crippen LogP contribution in [0.25, 0.3) is 0 Å². The summed E-state index contributed by atoms with van der Waals surface area (Å²) in [6.45, 7) is 3.36. The fourth-order valence-corrected chi connectivity index (χ4v) is 2.59. The van der Waals surface area contributed by atoms with Crippen LogP contribution in [0.15, 0.2) is 24.3 Å². The second-order valence-corrected chi connectivity index (χ2v) is 5.64. The summed E-state index contributed by atoms with van der Waals surface area (Å²) in [5.74, 6) is 1.40. The first-order chi connectivity index (χ1) is 10.8. The molecule has 1 amide bonds. The highest BCUT2D eigenvalue weighted by Gasteiger charge is 2.16. The van der Waals surface area contributed by atoms with Gasteiger partial charge in [-0.15, -0.1) is 12.4 Å². The molecule has 2 rings (SSSR count). The van der Waals surface area contributed by atoms with Crippen molar-refractivity contribution in [3.05, 3.63) is 24.3 Å². The number of benzene rings is 1. The number of ether oxygens (including phenoxy) is 2. The molecule has 6 heteroatoms. The van der Waals surface area contributed by atoms with Crippen LogP contribution >= 0.6 is 12.4 Å². The molecule has 1 aromatic rings. The van der Waals surface area contributed by atoms with Crippen LogP contribution in [0, 0.1) is 5.92 Å². The van der Waals surface area contributed by atoms with Gasteiger partial charge in [-0.1, -0.05) is 12.1 Å². The number of methoxy groups -OCH3 is 1. The van der Waals surface area contributed by atoms with E-state index >= 15 is 0 Å². The molecule has 0 bridgehead atoms. The fourth-order valence-electron chi connectivity index (χ4n) is 2.59. The van der Waals surface area contributed by atoms with Crippen molar-refractivity contribution in [2.24, 2.45) is 5.92 Å². The second kappa shape index (κ2) is 11.3. The number of carbonyl (C=O) groups excluding carboxylic acids is 1. The summed E-state index contributed by atoms with van der Waals surface area (Å²) >= 11 is 0. The first kappa shape index (κ1) is 19.7. The molecule has 1 saturated heterocycles. The maximum Gasteiger partial charge on any atom is 0.224 e. The standard InChI is InChI=1S/C17H26N2O3.ClH/c1-21-11-4-12-22-16-6-3-2-5-15(16)19-17(20)8-7-14-9-10-18-13-14;/h2-3,5-6,14,18H,4,7-13H2,1H3,(H,19,20);1H. The topological polar surface area (TPSA) is 59.6 Å². The van der Waals surface area contributed by atoms with Crippen molar-refractivity contribution in [2.45, 2.75) is 25.7 Å². The van der Waals surface area contributed by atoms with Crippen LogP contribution in [-0.2, 0) is 9.53 Å². The molecule has 1 heterocycles. The van der Waals surface area contributed by atoms with E-state index in [9.17, 15) is 4.79 Å². The van der Waals surface area contributed by atoms with E-state index in [0.717, 1.165) is 37.4 Å². The SMILES string of the molecule is COCCCOc1ccccc1NC(=O)CCC1CCNC1.Cl. The molecule has 1 aliphatic heterocycles. The summed E-state index contributed by atoms with van der Waals surface area (Å²) in [6.07, 6.45) is 3.50. The Bertz CT molecular complexity index is 465. The van der Waals surface area contributed by atoms with Crippen LogP contribution in [0.3, 0.4) is 0 Å². The normalized spacial score (nSPS) is 16.7. The molecule has 0 radical (unpaired) electrons. The van der Waals surface area contributed by atoms with E-state index in [1.54, 1.807) is 7.11 Å². The van der Waals surface area contributed by atoms with Gasteiger partial charge in [0.15, 0.2) is 0 Å². The lowest BCUT2D eigenvalue weighted by Crippen LogP contribution is -2.15. The van der Waals surface area contributed by atoms with Gasteiger partial charge in [-0.05, 0) is 44.0 Å². The van der Waals surface area contributed by atoms with Gasteiger partial charge < -0.3 is 20.1 Å². The van der Waals surface area contributed by atoms with E-state index in [4.69, 9.17) is 9.47 Å². The van der Waals surface area contributed by atoms with Crippen molar-refractivity contribution < 1.29 is 14.3 Å². The molecule has 1 aromatic carbocycles. The minimum absolute atomic E-state index is 0. The van der Waals surface area contributed by atoms with Gasteiger partial charge in [-0.2, -0.15) is 0 Å².